The first kappa shape index (κ1) is 21.3. The average Bonchev–Trinajstić information content (AvgIpc) is 2.75. The van der Waals surface area contributed by atoms with Gasteiger partial charge >= 0.3 is 0 Å². The van der Waals surface area contributed by atoms with Gasteiger partial charge in [-0.15, -0.1) is 0 Å². The van der Waals surface area contributed by atoms with E-state index in [1.807, 2.05) is 0 Å². The number of dihydropyridines is 1. The Balaban J connectivity index is 1.40. The van der Waals surface area contributed by atoms with E-state index in [-0.39, 0.29) is 0 Å². The maximum Gasteiger partial charge on any atom is 0.124 e. The predicted octanol–water partition coefficient (Wildman–Crippen LogP) is 4.14. The molecule has 3 aliphatic carbocycles. The lowest BCUT2D eigenvalue weighted by Crippen LogP contribution is -2.44. The van der Waals surface area contributed by atoms with Crippen LogP contribution in [0.4, 0.5) is 0 Å². The Bertz CT molecular complexity index is 594. The summed E-state index contributed by atoms with van der Waals surface area (Å²) in [5.74, 6) is 1.85. The molecule has 6 N–H and O–H groups in total. The van der Waals surface area contributed by atoms with Crippen molar-refractivity contribution in [1.82, 2.24) is 0 Å². The Morgan fingerprint density at radius 3 is 1.97 bits per heavy atom. The monoisotopic (exact) mass is 402 g/mol. The molecule has 0 aromatic rings. The van der Waals surface area contributed by atoms with Crippen LogP contribution in [0.3, 0.4) is 0 Å². The molecule has 0 radical (unpaired) electrons. The molecule has 0 aromatic carbocycles. The second-order valence-electron chi connectivity index (χ2n) is 10.0. The molecule has 4 aliphatic rings. The van der Waals surface area contributed by atoms with Crippen molar-refractivity contribution in [2.75, 3.05) is 0 Å². The van der Waals surface area contributed by atoms with Crippen molar-refractivity contribution in [3.05, 3.63) is 11.1 Å². The molecule has 0 amide bonds. The Morgan fingerprint density at radius 1 is 0.759 bits per heavy atom. The van der Waals surface area contributed by atoms with Crippen LogP contribution in [0.5, 0.6) is 0 Å². The van der Waals surface area contributed by atoms with E-state index in [2.05, 4.69) is 0 Å². The van der Waals surface area contributed by atoms with Crippen LogP contribution in [0, 0.1) is 11.8 Å². The van der Waals surface area contributed by atoms with Crippen LogP contribution in [0.25, 0.3) is 0 Å². The van der Waals surface area contributed by atoms with Crippen LogP contribution >= 0.6 is 0 Å². The molecule has 164 valence electrons. The number of hydrogen-bond acceptors (Lipinski definition) is 5. The van der Waals surface area contributed by atoms with E-state index in [9.17, 15) is 0 Å². The van der Waals surface area contributed by atoms with Gasteiger partial charge in [0.2, 0.25) is 0 Å². The average molecular weight is 403 g/mol. The fourth-order valence-electron chi connectivity index (χ4n) is 6.38. The second kappa shape index (κ2) is 9.93. The molecule has 4 rings (SSSR count). The van der Waals surface area contributed by atoms with Crippen LogP contribution in [0.1, 0.15) is 96.3 Å². The lowest BCUT2D eigenvalue weighted by atomic mass is 9.73. The Hall–Kier alpha value is -0.910. The van der Waals surface area contributed by atoms with Crippen LogP contribution in [-0.4, -0.2) is 30.3 Å². The number of hydrogen-bond donors (Lipinski definition) is 3. The number of rotatable bonds is 5. The van der Waals surface area contributed by atoms with E-state index in [4.69, 9.17) is 26.9 Å². The third kappa shape index (κ3) is 5.23. The first-order valence-electron chi connectivity index (χ1n) is 12.3. The highest BCUT2D eigenvalue weighted by Crippen LogP contribution is 2.41. The quantitative estimate of drug-likeness (QED) is 0.602. The zero-order valence-corrected chi connectivity index (χ0v) is 18.2. The van der Waals surface area contributed by atoms with Gasteiger partial charge in [0.15, 0.2) is 0 Å². The predicted molar refractivity (Wildman–Crippen MR) is 119 cm³/mol. The molecule has 3 fully saturated rings. The topological polar surface area (TPSA) is 99.6 Å². The van der Waals surface area contributed by atoms with E-state index >= 15 is 0 Å². The third-order valence-corrected chi connectivity index (χ3v) is 7.99. The van der Waals surface area contributed by atoms with Crippen molar-refractivity contribution in [3.63, 3.8) is 0 Å². The minimum absolute atomic E-state index is 0.337. The van der Waals surface area contributed by atoms with Gasteiger partial charge in [0.25, 0.3) is 0 Å². The van der Waals surface area contributed by atoms with Crippen LogP contribution in [0.15, 0.2) is 16.1 Å². The number of amidine groups is 1. The van der Waals surface area contributed by atoms with Gasteiger partial charge in [-0.3, -0.25) is 4.99 Å². The molecule has 0 spiro atoms. The molecule has 0 bridgehead atoms. The van der Waals surface area contributed by atoms with Crippen molar-refractivity contribution in [2.45, 2.75) is 121 Å². The molecule has 5 nitrogen and oxygen atoms in total. The van der Waals surface area contributed by atoms with E-state index in [0.29, 0.717) is 35.9 Å². The van der Waals surface area contributed by atoms with Gasteiger partial charge in [-0.1, -0.05) is 44.1 Å². The summed E-state index contributed by atoms with van der Waals surface area (Å²) in [5.41, 5.74) is 21.1. The minimum atomic E-state index is -0.516. The van der Waals surface area contributed by atoms with Gasteiger partial charge in [0.05, 0.1) is 24.4 Å². The van der Waals surface area contributed by atoms with Crippen molar-refractivity contribution >= 4 is 5.84 Å². The maximum atomic E-state index is 6.47. The molecule has 1 aliphatic heterocycles. The molecule has 1 atom stereocenters. The molecular weight excluding hydrogens is 360 g/mol. The van der Waals surface area contributed by atoms with Crippen molar-refractivity contribution in [1.29, 1.82) is 0 Å². The molecular formula is C24H42N4O. The van der Waals surface area contributed by atoms with E-state index in [1.54, 1.807) is 0 Å². The normalized spacial score (nSPS) is 33.2. The van der Waals surface area contributed by atoms with Crippen molar-refractivity contribution in [3.8, 4) is 0 Å². The number of aliphatic imine (C=N–C) groups is 1. The zero-order chi connectivity index (χ0) is 20.2. The van der Waals surface area contributed by atoms with Crippen molar-refractivity contribution in [2.24, 2.45) is 34.0 Å². The highest BCUT2D eigenvalue weighted by Gasteiger charge is 2.35. The minimum Gasteiger partial charge on any atom is -0.384 e. The number of ether oxygens (including phenoxy) is 1. The van der Waals surface area contributed by atoms with Crippen molar-refractivity contribution < 1.29 is 4.74 Å². The van der Waals surface area contributed by atoms with E-state index in [0.717, 1.165) is 24.8 Å². The molecule has 1 unspecified atom stereocenters. The zero-order valence-electron chi connectivity index (χ0n) is 18.2. The summed E-state index contributed by atoms with van der Waals surface area (Å²) in [7, 11) is 0. The summed E-state index contributed by atoms with van der Waals surface area (Å²) in [6.07, 6.45) is 19.3. The fourth-order valence-corrected chi connectivity index (χ4v) is 6.38. The van der Waals surface area contributed by atoms with Crippen LogP contribution in [0.2, 0.25) is 0 Å². The largest absolute Gasteiger partial charge is 0.384 e. The Labute approximate surface area is 176 Å². The standard InChI is InChI=1S/C24H42N4O/c25-23(26)22-20(15-21(28-24(22)27)17-7-3-1-4-8-17)16-11-13-19(14-12-16)29-18-9-5-2-6-10-18/h16-19,21,23H,1-15,25-26H2,(H2,27,28). The lowest BCUT2D eigenvalue weighted by molar-refractivity contribution is -0.0493. The smallest absolute Gasteiger partial charge is 0.124 e. The first-order valence-corrected chi connectivity index (χ1v) is 12.3. The van der Waals surface area contributed by atoms with Gasteiger partial charge in [0, 0.05) is 5.57 Å². The summed E-state index contributed by atoms with van der Waals surface area (Å²) in [4.78, 5) is 4.90. The molecule has 29 heavy (non-hydrogen) atoms. The van der Waals surface area contributed by atoms with Crippen LogP contribution in [-0.2, 0) is 4.74 Å². The fraction of sp³-hybridized carbons (Fsp3) is 0.875. The van der Waals surface area contributed by atoms with Gasteiger partial charge in [-0.25, -0.2) is 0 Å². The number of nitrogens with zero attached hydrogens (tertiary/aromatic N) is 1. The lowest BCUT2D eigenvalue weighted by Gasteiger charge is -2.38. The molecule has 1 heterocycles. The van der Waals surface area contributed by atoms with Gasteiger partial charge < -0.3 is 21.9 Å². The summed E-state index contributed by atoms with van der Waals surface area (Å²) >= 11 is 0. The molecule has 0 aromatic heterocycles. The highest BCUT2D eigenvalue weighted by atomic mass is 16.5. The first-order chi connectivity index (χ1) is 14.1. The summed E-state index contributed by atoms with van der Waals surface area (Å²) < 4.78 is 6.47. The molecule has 5 heteroatoms. The van der Waals surface area contributed by atoms with Gasteiger partial charge in [-0.05, 0) is 69.6 Å². The SMILES string of the molecule is NC1=NC(C2CCCCC2)CC(C2CCC(OC3CCCCC3)CC2)=C1C(N)N. The third-order valence-electron chi connectivity index (χ3n) is 7.99. The number of nitrogens with two attached hydrogens (primary N) is 3. The van der Waals surface area contributed by atoms with Gasteiger partial charge in [-0.2, -0.15) is 0 Å². The summed E-state index contributed by atoms with van der Waals surface area (Å²) in [6.45, 7) is 0. The van der Waals surface area contributed by atoms with E-state index < -0.39 is 6.17 Å². The molecule has 0 saturated heterocycles. The Morgan fingerprint density at radius 2 is 1.34 bits per heavy atom. The molecule has 3 saturated carbocycles. The Kier molecular flexibility index (Phi) is 7.30. The van der Waals surface area contributed by atoms with Gasteiger partial charge in [0.1, 0.15) is 5.84 Å². The highest BCUT2D eigenvalue weighted by molar-refractivity contribution is 5.99. The summed E-state index contributed by atoms with van der Waals surface area (Å²) in [6, 6.07) is 0.337. The van der Waals surface area contributed by atoms with Crippen LogP contribution < -0.4 is 17.2 Å². The second-order valence-corrected chi connectivity index (χ2v) is 10.0. The maximum absolute atomic E-state index is 6.47. The summed E-state index contributed by atoms with van der Waals surface area (Å²) in [5, 5.41) is 0. The van der Waals surface area contributed by atoms with E-state index in [1.165, 1.54) is 82.6 Å².